The number of nitrogens with two attached hydrogens (primary N) is 1. The Labute approximate surface area is 119 Å². The quantitative estimate of drug-likeness (QED) is 0.743. The lowest BCUT2D eigenvalue weighted by atomic mass is 10.0. The van der Waals surface area contributed by atoms with E-state index in [1.165, 1.54) is 12.1 Å². The summed E-state index contributed by atoms with van der Waals surface area (Å²) >= 11 is 0. The summed E-state index contributed by atoms with van der Waals surface area (Å²) in [5.41, 5.74) is 0.283. The highest BCUT2D eigenvalue weighted by molar-refractivity contribution is 7.89. The van der Waals surface area contributed by atoms with Crippen LogP contribution in [0.2, 0.25) is 0 Å². The molecule has 0 fully saturated rings. The third kappa shape index (κ3) is 4.50. The fourth-order valence-corrected chi connectivity index (χ4v) is 2.57. The zero-order valence-electron chi connectivity index (χ0n) is 11.8. The number of hydrogen-bond acceptors (Lipinski definition) is 4. The Balaban J connectivity index is 3.12. The monoisotopic (exact) mass is 300 g/mol. The van der Waals surface area contributed by atoms with Gasteiger partial charge in [0.05, 0.1) is 10.5 Å². The Hall–Kier alpha value is -1.60. The SMILES string of the molecule is CC(C)CC(C)Nc1ccc(S(N)(=O)=O)cc1C(=O)O. The van der Waals surface area contributed by atoms with Crippen molar-refractivity contribution in [1.29, 1.82) is 0 Å². The van der Waals surface area contributed by atoms with Crippen LogP contribution in [0.4, 0.5) is 5.69 Å². The molecule has 1 unspecified atom stereocenters. The number of nitrogens with one attached hydrogen (secondary N) is 1. The maximum atomic E-state index is 11.3. The number of aromatic carboxylic acids is 1. The number of sulfonamides is 1. The minimum Gasteiger partial charge on any atom is -0.478 e. The van der Waals surface area contributed by atoms with E-state index in [0.717, 1.165) is 12.5 Å². The predicted octanol–water partition coefficient (Wildman–Crippen LogP) is 1.88. The molecule has 4 N–H and O–H groups in total. The van der Waals surface area contributed by atoms with Gasteiger partial charge in [-0.3, -0.25) is 0 Å². The van der Waals surface area contributed by atoms with Gasteiger partial charge in [-0.2, -0.15) is 0 Å². The zero-order chi connectivity index (χ0) is 15.5. The van der Waals surface area contributed by atoms with Crippen molar-refractivity contribution in [1.82, 2.24) is 0 Å². The molecule has 0 aromatic heterocycles. The molecule has 7 heteroatoms. The van der Waals surface area contributed by atoms with Crippen molar-refractivity contribution in [3.8, 4) is 0 Å². The van der Waals surface area contributed by atoms with Crippen molar-refractivity contribution < 1.29 is 18.3 Å². The van der Waals surface area contributed by atoms with Crippen LogP contribution < -0.4 is 10.5 Å². The van der Waals surface area contributed by atoms with Crippen molar-refractivity contribution in [2.24, 2.45) is 11.1 Å². The van der Waals surface area contributed by atoms with E-state index in [1.54, 1.807) is 0 Å². The molecular weight excluding hydrogens is 280 g/mol. The Bertz CT molecular complexity index is 596. The van der Waals surface area contributed by atoms with Gasteiger partial charge in [0.15, 0.2) is 0 Å². The fraction of sp³-hybridized carbons (Fsp3) is 0.462. The Morgan fingerprint density at radius 2 is 1.95 bits per heavy atom. The first-order valence-corrected chi connectivity index (χ1v) is 7.82. The molecule has 0 bridgehead atoms. The molecule has 1 rings (SSSR count). The lowest BCUT2D eigenvalue weighted by molar-refractivity contribution is 0.0697. The predicted molar refractivity (Wildman–Crippen MR) is 77.3 cm³/mol. The van der Waals surface area contributed by atoms with E-state index in [4.69, 9.17) is 5.14 Å². The topological polar surface area (TPSA) is 109 Å². The minimum atomic E-state index is -3.91. The van der Waals surface area contributed by atoms with E-state index in [9.17, 15) is 18.3 Å². The molecule has 0 aliphatic heterocycles. The van der Waals surface area contributed by atoms with Gasteiger partial charge in [-0.15, -0.1) is 0 Å². The standard InChI is InChI=1S/C13H20N2O4S/c1-8(2)6-9(3)15-12-5-4-10(20(14,18)19)7-11(12)13(16)17/h4-5,7-9,15H,6H2,1-3H3,(H,16,17)(H2,14,18,19). The maximum Gasteiger partial charge on any atom is 0.337 e. The van der Waals surface area contributed by atoms with Crippen LogP contribution in [-0.4, -0.2) is 25.5 Å². The van der Waals surface area contributed by atoms with Gasteiger partial charge in [0.25, 0.3) is 0 Å². The third-order valence-corrected chi connectivity index (χ3v) is 3.69. The Morgan fingerprint density at radius 3 is 2.40 bits per heavy atom. The van der Waals surface area contributed by atoms with Crippen molar-refractivity contribution >= 4 is 21.7 Å². The number of anilines is 1. The highest BCUT2D eigenvalue weighted by atomic mass is 32.2. The first-order valence-electron chi connectivity index (χ1n) is 6.28. The molecule has 0 saturated carbocycles. The molecule has 20 heavy (non-hydrogen) atoms. The lowest BCUT2D eigenvalue weighted by Crippen LogP contribution is -2.20. The summed E-state index contributed by atoms with van der Waals surface area (Å²) in [5, 5.41) is 17.3. The number of carbonyl (C=O) groups is 1. The molecule has 1 aromatic carbocycles. The Kier molecular flexibility index (Phi) is 5.13. The van der Waals surface area contributed by atoms with E-state index in [0.29, 0.717) is 11.6 Å². The van der Waals surface area contributed by atoms with Crippen LogP contribution in [0.5, 0.6) is 0 Å². The van der Waals surface area contributed by atoms with E-state index in [2.05, 4.69) is 19.2 Å². The summed E-state index contributed by atoms with van der Waals surface area (Å²) in [6.45, 7) is 6.08. The summed E-state index contributed by atoms with van der Waals surface area (Å²) in [5.74, 6) is -0.732. The minimum absolute atomic E-state index is 0.0773. The third-order valence-electron chi connectivity index (χ3n) is 2.78. The van der Waals surface area contributed by atoms with Gasteiger partial charge in [0.2, 0.25) is 10.0 Å². The van der Waals surface area contributed by atoms with E-state index < -0.39 is 16.0 Å². The van der Waals surface area contributed by atoms with Crippen LogP contribution >= 0.6 is 0 Å². The summed E-state index contributed by atoms with van der Waals surface area (Å²) in [6, 6.07) is 3.88. The number of primary sulfonamides is 1. The molecule has 1 atom stereocenters. The van der Waals surface area contributed by atoms with Crippen molar-refractivity contribution in [3.05, 3.63) is 23.8 Å². The Morgan fingerprint density at radius 1 is 1.35 bits per heavy atom. The van der Waals surface area contributed by atoms with Gasteiger partial charge in [0.1, 0.15) is 0 Å². The zero-order valence-corrected chi connectivity index (χ0v) is 12.6. The average molecular weight is 300 g/mol. The molecule has 0 aliphatic carbocycles. The normalized spacial score (nSPS) is 13.2. The molecule has 0 aliphatic rings. The highest BCUT2D eigenvalue weighted by Crippen LogP contribution is 2.22. The van der Waals surface area contributed by atoms with Gasteiger partial charge >= 0.3 is 5.97 Å². The fourth-order valence-electron chi connectivity index (χ4n) is 2.03. The summed E-state index contributed by atoms with van der Waals surface area (Å²) < 4.78 is 22.5. The smallest absolute Gasteiger partial charge is 0.337 e. The van der Waals surface area contributed by atoms with Crippen molar-refractivity contribution in [2.45, 2.75) is 38.1 Å². The van der Waals surface area contributed by atoms with E-state index >= 15 is 0 Å². The van der Waals surface area contributed by atoms with Crippen LogP contribution in [0.15, 0.2) is 23.1 Å². The summed E-state index contributed by atoms with van der Waals surface area (Å²) in [4.78, 5) is 11.0. The molecule has 0 saturated heterocycles. The van der Waals surface area contributed by atoms with Crippen molar-refractivity contribution in [3.63, 3.8) is 0 Å². The van der Waals surface area contributed by atoms with Crippen LogP contribution in [0.1, 0.15) is 37.6 Å². The second-order valence-corrected chi connectivity index (χ2v) is 6.79. The molecule has 1 aromatic rings. The molecule has 0 spiro atoms. The van der Waals surface area contributed by atoms with E-state index in [-0.39, 0.29) is 16.5 Å². The van der Waals surface area contributed by atoms with Crippen LogP contribution in [0.25, 0.3) is 0 Å². The molecule has 0 heterocycles. The van der Waals surface area contributed by atoms with Gasteiger partial charge in [-0.05, 0) is 37.5 Å². The molecular formula is C13H20N2O4S. The largest absolute Gasteiger partial charge is 0.478 e. The number of benzene rings is 1. The first kappa shape index (κ1) is 16.5. The molecule has 0 radical (unpaired) electrons. The maximum absolute atomic E-state index is 11.3. The van der Waals surface area contributed by atoms with Crippen LogP contribution in [0, 0.1) is 5.92 Å². The average Bonchev–Trinajstić information content (AvgIpc) is 2.26. The van der Waals surface area contributed by atoms with Gasteiger partial charge in [-0.1, -0.05) is 13.8 Å². The van der Waals surface area contributed by atoms with Gasteiger partial charge < -0.3 is 10.4 Å². The molecule has 6 nitrogen and oxygen atoms in total. The van der Waals surface area contributed by atoms with E-state index in [1.807, 2.05) is 6.92 Å². The second kappa shape index (κ2) is 6.23. The highest BCUT2D eigenvalue weighted by Gasteiger charge is 2.17. The number of carboxylic acid groups (broad SMARTS) is 1. The second-order valence-electron chi connectivity index (χ2n) is 5.23. The van der Waals surface area contributed by atoms with Crippen LogP contribution in [0.3, 0.4) is 0 Å². The first-order chi connectivity index (χ1) is 9.11. The molecule has 0 amide bonds. The van der Waals surface area contributed by atoms with Crippen LogP contribution in [-0.2, 0) is 10.0 Å². The summed E-state index contributed by atoms with van der Waals surface area (Å²) in [7, 11) is -3.91. The number of carboxylic acids is 1. The number of hydrogen-bond donors (Lipinski definition) is 3. The number of rotatable bonds is 6. The van der Waals surface area contributed by atoms with Crippen molar-refractivity contribution in [2.75, 3.05) is 5.32 Å². The summed E-state index contributed by atoms with van der Waals surface area (Å²) in [6.07, 6.45) is 0.871. The lowest BCUT2D eigenvalue weighted by Gasteiger charge is -2.19. The van der Waals surface area contributed by atoms with Gasteiger partial charge in [-0.25, -0.2) is 18.4 Å². The molecule has 112 valence electrons. The van der Waals surface area contributed by atoms with Gasteiger partial charge in [0, 0.05) is 11.7 Å².